The van der Waals surface area contributed by atoms with E-state index in [1.54, 1.807) is 0 Å². The maximum atomic E-state index is 7.14. The Bertz CT molecular complexity index is 350. The zero-order valence-electron chi connectivity index (χ0n) is 10.0. The first-order chi connectivity index (χ1) is 8.45. The van der Waals surface area contributed by atoms with Crippen LogP contribution in [0.15, 0.2) is 60.7 Å². The van der Waals surface area contributed by atoms with Gasteiger partial charge in [-0.25, -0.2) is 0 Å². The summed E-state index contributed by atoms with van der Waals surface area (Å²) in [5.74, 6) is 0. The van der Waals surface area contributed by atoms with Crippen molar-refractivity contribution in [2.45, 2.75) is 13.2 Å². The van der Waals surface area contributed by atoms with E-state index in [4.69, 9.17) is 9.53 Å². The highest BCUT2D eigenvalue weighted by molar-refractivity contribution is 5.95. The van der Waals surface area contributed by atoms with E-state index in [0.717, 1.165) is 0 Å². The van der Waals surface area contributed by atoms with Gasteiger partial charge < -0.3 is 9.53 Å². The van der Waals surface area contributed by atoms with Crippen LogP contribution in [0, 0.1) is 0 Å². The first-order valence-corrected chi connectivity index (χ1v) is 6.45. The van der Waals surface area contributed by atoms with Crippen molar-refractivity contribution < 1.29 is 9.53 Å². The molecule has 3 heteroatoms. The normalized spacial score (nSPS) is 9.47. The topological polar surface area (TPSA) is 29.5 Å². The lowest BCUT2D eigenvalue weighted by Crippen LogP contribution is -1.93. The summed E-state index contributed by atoms with van der Waals surface area (Å²) in [4.78, 5) is 7.14. The summed E-state index contributed by atoms with van der Waals surface area (Å²) in [7, 11) is 0.306. The molecule has 0 atom stereocenters. The molecule has 1 N–H and O–H groups in total. The van der Waals surface area contributed by atoms with Crippen molar-refractivity contribution in [3.8, 4) is 0 Å². The van der Waals surface area contributed by atoms with Gasteiger partial charge in [-0.2, -0.15) is 0 Å². The highest BCUT2D eigenvalue weighted by Gasteiger charge is 1.93. The van der Waals surface area contributed by atoms with Crippen LogP contribution >= 0.6 is 0 Å². The molecule has 2 rings (SSSR count). The summed E-state index contributed by atoms with van der Waals surface area (Å²) in [6, 6.07) is 20.4. The molecule has 0 spiro atoms. The third-order valence-electron chi connectivity index (χ3n) is 2.22. The quantitative estimate of drug-likeness (QED) is 0.832. The third kappa shape index (κ3) is 5.45. The Morgan fingerprint density at radius 3 is 1.41 bits per heavy atom. The number of hydrogen-bond acceptors (Lipinski definition) is 2. The Morgan fingerprint density at radius 1 is 0.706 bits per heavy atom. The van der Waals surface area contributed by atoms with Crippen LogP contribution in [0.25, 0.3) is 0 Å². The van der Waals surface area contributed by atoms with Crippen molar-refractivity contribution in [1.29, 1.82) is 0 Å². The van der Waals surface area contributed by atoms with Crippen molar-refractivity contribution >= 4 is 10.5 Å². The fourth-order valence-electron chi connectivity index (χ4n) is 1.44. The summed E-state index contributed by atoms with van der Waals surface area (Å²) < 4.78 is 5.61. The van der Waals surface area contributed by atoms with Gasteiger partial charge in [0.2, 0.25) is 0 Å². The Hall–Kier alpha value is -1.42. The first-order valence-electron chi connectivity index (χ1n) is 5.55. The summed E-state index contributed by atoms with van der Waals surface area (Å²) >= 11 is 0. The Morgan fingerprint density at radius 2 is 1.06 bits per heavy atom. The van der Waals surface area contributed by atoms with Crippen LogP contribution < -0.4 is 0 Å². The molecular weight excluding hydrogens is 228 g/mol. The largest absolute Gasteiger partial charge is 0.442 e. The number of ether oxygens (including phenoxy) is 1. The number of hydrogen-bond donors (Lipinski definition) is 1. The molecular formula is C14H18O2Si. The van der Waals surface area contributed by atoms with E-state index in [1.165, 1.54) is 11.1 Å². The van der Waals surface area contributed by atoms with Crippen LogP contribution in [0.1, 0.15) is 11.1 Å². The number of rotatable bonds is 4. The summed E-state index contributed by atoms with van der Waals surface area (Å²) in [6.07, 6.45) is 0. The highest BCUT2D eigenvalue weighted by Crippen LogP contribution is 2.05. The van der Waals surface area contributed by atoms with Gasteiger partial charge in [-0.05, 0) is 11.1 Å². The highest BCUT2D eigenvalue weighted by atomic mass is 28.2. The van der Waals surface area contributed by atoms with Crippen LogP contribution in [0.3, 0.4) is 0 Å². The van der Waals surface area contributed by atoms with E-state index in [9.17, 15) is 0 Å². The molecule has 0 unspecified atom stereocenters. The maximum absolute atomic E-state index is 7.14. The van der Waals surface area contributed by atoms with Gasteiger partial charge in [0.1, 0.15) is 10.5 Å². The lowest BCUT2D eigenvalue weighted by atomic mass is 10.2. The van der Waals surface area contributed by atoms with Crippen molar-refractivity contribution in [1.82, 2.24) is 0 Å². The Balaban J connectivity index is 0.000000686. The Labute approximate surface area is 105 Å². The van der Waals surface area contributed by atoms with Gasteiger partial charge >= 0.3 is 0 Å². The molecule has 0 aliphatic carbocycles. The molecule has 2 nitrogen and oxygen atoms in total. The second-order valence-corrected chi connectivity index (χ2v) is 3.46. The standard InChI is InChI=1S/C14H14O.H4OSi/c1-3-7-13(8-4-1)11-15-12-14-9-5-2-6-10-14;1-2/h1-10H,11-12H2;1H,2H3. The van der Waals surface area contributed by atoms with Gasteiger partial charge in [0.15, 0.2) is 0 Å². The molecule has 90 valence electrons. The van der Waals surface area contributed by atoms with E-state index in [2.05, 4.69) is 24.3 Å². The van der Waals surface area contributed by atoms with Crippen molar-refractivity contribution in [3.05, 3.63) is 71.8 Å². The van der Waals surface area contributed by atoms with E-state index < -0.39 is 0 Å². The zero-order valence-corrected chi connectivity index (χ0v) is 12.0. The monoisotopic (exact) mass is 246 g/mol. The molecule has 2 aromatic rings. The van der Waals surface area contributed by atoms with Crippen molar-refractivity contribution in [3.63, 3.8) is 0 Å². The van der Waals surface area contributed by atoms with Gasteiger partial charge in [-0.15, -0.1) is 0 Å². The van der Waals surface area contributed by atoms with E-state index in [1.807, 2.05) is 36.4 Å². The lowest BCUT2D eigenvalue weighted by Gasteiger charge is -2.03. The van der Waals surface area contributed by atoms with Gasteiger partial charge in [0.05, 0.1) is 13.2 Å². The van der Waals surface area contributed by atoms with Gasteiger partial charge in [0.25, 0.3) is 0 Å². The molecule has 0 radical (unpaired) electrons. The molecule has 0 aliphatic rings. The van der Waals surface area contributed by atoms with Gasteiger partial charge in [-0.1, -0.05) is 60.7 Å². The molecule has 0 fully saturated rings. The van der Waals surface area contributed by atoms with E-state index in [-0.39, 0.29) is 0 Å². The van der Waals surface area contributed by atoms with E-state index >= 15 is 0 Å². The minimum absolute atomic E-state index is 0.306. The molecule has 0 aliphatic heterocycles. The zero-order chi connectivity index (χ0) is 12.3. The predicted molar refractivity (Wildman–Crippen MR) is 73.5 cm³/mol. The second-order valence-electron chi connectivity index (χ2n) is 3.46. The molecule has 17 heavy (non-hydrogen) atoms. The fraction of sp³-hybridized carbons (Fsp3) is 0.143. The summed E-state index contributed by atoms with van der Waals surface area (Å²) in [5, 5.41) is 0. The average molecular weight is 246 g/mol. The molecule has 2 aromatic carbocycles. The molecule has 0 heterocycles. The molecule has 0 saturated heterocycles. The van der Waals surface area contributed by atoms with Crippen LogP contribution in [0.4, 0.5) is 0 Å². The number of benzene rings is 2. The molecule has 0 aromatic heterocycles. The predicted octanol–water partition coefficient (Wildman–Crippen LogP) is 1.66. The fourth-order valence-corrected chi connectivity index (χ4v) is 1.44. The van der Waals surface area contributed by atoms with E-state index in [0.29, 0.717) is 23.7 Å². The minimum Gasteiger partial charge on any atom is -0.442 e. The maximum Gasteiger partial charge on any atom is 0.141 e. The van der Waals surface area contributed by atoms with Crippen LogP contribution in [0.5, 0.6) is 0 Å². The van der Waals surface area contributed by atoms with Crippen molar-refractivity contribution in [2.75, 3.05) is 0 Å². The van der Waals surface area contributed by atoms with Gasteiger partial charge in [0, 0.05) is 0 Å². The van der Waals surface area contributed by atoms with Crippen LogP contribution in [0.2, 0.25) is 0 Å². The van der Waals surface area contributed by atoms with Crippen LogP contribution in [-0.2, 0) is 18.0 Å². The SMILES string of the molecule is O[SiH3].c1ccc(COCc2ccccc2)cc1. The molecule has 0 saturated carbocycles. The third-order valence-corrected chi connectivity index (χ3v) is 2.22. The minimum atomic E-state index is 0.306. The average Bonchev–Trinajstić information content (AvgIpc) is 2.43. The lowest BCUT2D eigenvalue weighted by molar-refractivity contribution is 0.107. The molecule has 0 amide bonds. The van der Waals surface area contributed by atoms with Gasteiger partial charge in [-0.3, -0.25) is 0 Å². The Kier molecular flexibility index (Phi) is 6.98. The molecule has 0 bridgehead atoms. The van der Waals surface area contributed by atoms with Crippen LogP contribution in [-0.4, -0.2) is 15.3 Å². The summed E-state index contributed by atoms with van der Waals surface area (Å²) in [5.41, 5.74) is 2.43. The smallest absolute Gasteiger partial charge is 0.141 e. The summed E-state index contributed by atoms with van der Waals surface area (Å²) in [6.45, 7) is 1.35. The second kappa shape index (κ2) is 8.70. The first kappa shape index (κ1) is 13.6. The van der Waals surface area contributed by atoms with Crippen molar-refractivity contribution in [2.24, 2.45) is 0 Å².